The van der Waals surface area contributed by atoms with E-state index in [1.54, 1.807) is 18.2 Å². The molecule has 2 rings (SSSR count). The normalized spacial score (nSPS) is 10.1. The summed E-state index contributed by atoms with van der Waals surface area (Å²) in [6.07, 6.45) is 0. The molecule has 1 aromatic carbocycles. The summed E-state index contributed by atoms with van der Waals surface area (Å²) >= 11 is 4.71. The zero-order chi connectivity index (χ0) is 11.5. The number of carbonyl (C=O) groups excluding carboxylic acids is 1. The number of aromatic nitrogens is 1. The van der Waals surface area contributed by atoms with Gasteiger partial charge in [-0.2, -0.15) is 4.37 Å². The number of rotatable bonds is 2. The maximum atomic E-state index is 11.8. The van der Waals surface area contributed by atoms with Crippen molar-refractivity contribution in [3.05, 3.63) is 45.2 Å². The minimum absolute atomic E-state index is 0.147. The van der Waals surface area contributed by atoms with Crippen molar-refractivity contribution in [3.8, 4) is 0 Å². The fourth-order valence-electron chi connectivity index (χ4n) is 1.20. The number of hydrogen-bond acceptors (Lipinski definition) is 3. The fraction of sp³-hybridized carbons (Fsp3) is 0.0909. The number of nitrogens with zero attached hydrogens (tertiary/aromatic N) is 1. The first kappa shape index (κ1) is 11.3. The van der Waals surface area contributed by atoms with Gasteiger partial charge in [-0.25, -0.2) is 0 Å². The summed E-state index contributed by atoms with van der Waals surface area (Å²) in [5.41, 5.74) is 1.72. The molecule has 2 aromatic rings. The van der Waals surface area contributed by atoms with Gasteiger partial charge in [-0.3, -0.25) is 4.79 Å². The average Bonchev–Trinajstić information content (AvgIpc) is 2.74. The van der Waals surface area contributed by atoms with Gasteiger partial charge in [0.25, 0.3) is 5.91 Å². The molecular formula is C11H9BrN2OS. The van der Waals surface area contributed by atoms with Crippen LogP contribution in [0.5, 0.6) is 0 Å². The summed E-state index contributed by atoms with van der Waals surface area (Å²) in [4.78, 5) is 11.8. The third-order valence-electron chi connectivity index (χ3n) is 2.11. The lowest BCUT2D eigenvalue weighted by molar-refractivity contribution is 0.102. The molecule has 0 aliphatic rings. The Labute approximate surface area is 106 Å². The van der Waals surface area contributed by atoms with E-state index in [4.69, 9.17) is 0 Å². The highest BCUT2D eigenvalue weighted by molar-refractivity contribution is 9.10. The van der Waals surface area contributed by atoms with Crippen molar-refractivity contribution in [2.45, 2.75) is 6.92 Å². The summed E-state index contributed by atoms with van der Waals surface area (Å²) in [7, 11) is 0. The predicted octanol–water partition coefficient (Wildman–Crippen LogP) is 3.47. The summed E-state index contributed by atoms with van der Waals surface area (Å²) in [6, 6.07) is 7.27. The van der Waals surface area contributed by atoms with E-state index in [9.17, 15) is 4.79 Å². The monoisotopic (exact) mass is 296 g/mol. The second-order valence-electron chi connectivity index (χ2n) is 3.30. The third kappa shape index (κ3) is 2.48. The number of halogens is 1. The van der Waals surface area contributed by atoms with Crippen LogP contribution in [0.2, 0.25) is 0 Å². The zero-order valence-corrected chi connectivity index (χ0v) is 10.9. The van der Waals surface area contributed by atoms with Crippen LogP contribution in [-0.4, -0.2) is 10.3 Å². The molecule has 0 unspecified atom stereocenters. The highest BCUT2D eigenvalue weighted by atomic mass is 79.9. The van der Waals surface area contributed by atoms with Crippen molar-refractivity contribution in [3.63, 3.8) is 0 Å². The highest BCUT2D eigenvalue weighted by Crippen LogP contribution is 2.18. The van der Waals surface area contributed by atoms with Crippen molar-refractivity contribution >= 4 is 39.2 Å². The van der Waals surface area contributed by atoms with E-state index < -0.39 is 0 Å². The maximum Gasteiger partial charge on any atom is 0.256 e. The molecule has 1 heterocycles. The van der Waals surface area contributed by atoms with E-state index >= 15 is 0 Å². The Bertz CT molecular complexity index is 511. The maximum absolute atomic E-state index is 11.8. The minimum Gasteiger partial charge on any atom is -0.306 e. The molecule has 16 heavy (non-hydrogen) atoms. The van der Waals surface area contributed by atoms with E-state index in [0.29, 0.717) is 11.4 Å². The van der Waals surface area contributed by atoms with E-state index in [2.05, 4.69) is 25.6 Å². The van der Waals surface area contributed by atoms with Gasteiger partial charge in [-0.15, -0.1) is 0 Å². The first-order valence-electron chi connectivity index (χ1n) is 4.65. The molecule has 0 atom stereocenters. The van der Waals surface area contributed by atoms with E-state index in [-0.39, 0.29) is 5.91 Å². The quantitative estimate of drug-likeness (QED) is 0.922. The number of carbonyl (C=O) groups is 1. The first-order valence-corrected chi connectivity index (χ1v) is 6.27. The van der Waals surface area contributed by atoms with Crippen molar-refractivity contribution in [1.82, 2.24) is 4.37 Å². The lowest BCUT2D eigenvalue weighted by Crippen LogP contribution is -2.11. The Hall–Kier alpha value is -1.20. The summed E-state index contributed by atoms with van der Waals surface area (Å²) in [6.45, 7) is 1.98. The smallest absolute Gasteiger partial charge is 0.256 e. The minimum atomic E-state index is -0.147. The second-order valence-corrected chi connectivity index (χ2v) is 4.82. The molecule has 0 spiro atoms. The largest absolute Gasteiger partial charge is 0.306 e. The van der Waals surface area contributed by atoms with Gasteiger partial charge in [0.2, 0.25) is 0 Å². The SMILES string of the molecule is Cc1ccc(C(=O)Nc2ccsn2)cc1Br. The Morgan fingerprint density at radius 2 is 2.25 bits per heavy atom. The molecule has 0 fully saturated rings. The predicted molar refractivity (Wildman–Crippen MR) is 68.9 cm³/mol. The highest BCUT2D eigenvalue weighted by Gasteiger charge is 2.08. The van der Waals surface area contributed by atoms with Crippen molar-refractivity contribution < 1.29 is 4.79 Å². The Morgan fingerprint density at radius 1 is 1.44 bits per heavy atom. The number of nitrogens with one attached hydrogen (secondary N) is 1. The van der Waals surface area contributed by atoms with E-state index in [0.717, 1.165) is 10.0 Å². The van der Waals surface area contributed by atoms with Gasteiger partial charge in [0.1, 0.15) is 5.82 Å². The van der Waals surface area contributed by atoms with Crippen LogP contribution in [0.3, 0.4) is 0 Å². The fourth-order valence-corrected chi connectivity index (χ4v) is 2.05. The van der Waals surface area contributed by atoms with Crippen LogP contribution in [0.1, 0.15) is 15.9 Å². The molecule has 0 bridgehead atoms. The number of benzene rings is 1. The topological polar surface area (TPSA) is 42.0 Å². The molecule has 0 aliphatic carbocycles. The zero-order valence-electron chi connectivity index (χ0n) is 8.53. The number of amides is 1. The Balaban J connectivity index is 2.18. The van der Waals surface area contributed by atoms with E-state index in [1.807, 2.05) is 18.4 Å². The number of aryl methyl sites for hydroxylation is 1. The Kier molecular flexibility index (Phi) is 3.36. The standard InChI is InChI=1S/C11H9BrN2OS/c1-7-2-3-8(6-9(7)12)11(15)13-10-4-5-16-14-10/h2-6H,1H3,(H,13,14,15). The molecule has 1 N–H and O–H groups in total. The van der Waals surface area contributed by atoms with Gasteiger partial charge < -0.3 is 5.32 Å². The summed E-state index contributed by atoms with van der Waals surface area (Å²) in [5, 5.41) is 4.54. The number of anilines is 1. The van der Waals surface area contributed by atoms with Gasteiger partial charge >= 0.3 is 0 Å². The first-order chi connectivity index (χ1) is 7.66. The summed E-state index contributed by atoms with van der Waals surface area (Å²) in [5.74, 6) is 0.443. The van der Waals surface area contributed by atoms with Crippen LogP contribution in [-0.2, 0) is 0 Å². The Morgan fingerprint density at radius 3 is 2.88 bits per heavy atom. The van der Waals surface area contributed by atoms with Gasteiger partial charge in [0.05, 0.1) is 0 Å². The van der Waals surface area contributed by atoms with Crippen LogP contribution in [0.4, 0.5) is 5.82 Å². The van der Waals surface area contributed by atoms with Crippen LogP contribution >= 0.6 is 27.5 Å². The molecule has 0 saturated heterocycles. The third-order valence-corrected chi connectivity index (χ3v) is 3.53. The molecule has 0 saturated carbocycles. The molecule has 0 aliphatic heterocycles. The molecule has 3 nitrogen and oxygen atoms in total. The molecule has 0 radical (unpaired) electrons. The molecule has 1 amide bonds. The van der Waals surface area contributed by atoms with Gasteiger partial charge in [-0.1, -0.05) is 22.0 Å². The second kappa shape index (κ2) is 4.76. The number of hydrogen-bond donors (Lipinski definition) is 1. The van der Waals surface area contributed by atoms with Gasteiger partial charge in [0.15, 0.2) is 0 Å². The molecule has 82 valence electrons. The molecular weight excluding hydrogens is 288 g/mol. The lowest BCUT2D eigenvalue weighted by atomic mass is 10.1. The van der Waals surface area contributed by atoms with Gasteiger partial charge in [0, 0.05) is 15.4 Å². The van der Waals surface area contributed by atoms with Crippen molar-refractivity contribution in [1.29, 1.82) is 0 Å². The van der Waals surface area contributed by atoms with Crippen LogP contribution in [0.25, 0.3) is 0 Å². The van der Waals surface area contributed by atoms with Crippen LogP contribution in [0, 0.1) is 6.92 Å². The van der Waals surface area contributed by atoms with E-state index in [1.165, 1.54) is 11.5 Å². The molecule has 1 aromatic heterocycles. The average molecular weight is 297 g/mol. The van der Waals surface area contributed by atoms with Gasteiger partial charge in [-0.05, 0) is 42.2 Å². The van der Waals surface area contributed by atoms with Crippen molar-refractivity contribution in [2.24, 2.45) is 0 Å². The lowest BCUT2D eigenvalue weighted by Gasteiger charge is -2.04. The molecule has 5 heteroatoms. The van der Waals surface area contributed by atoms with Crippen LogP contribution in [0.15, 0.2) is 34.1 Å². The summed E-state index contributed by atoms with van der Waals surface area (Å²) < 4.78 is 4.95. The van der Waals surface area contributed by atoms with Crippen molar-refractivity contribution in [2.75, 3.05) is 5.32 Å². The van der Waals surface area contributed by atoms with Crippen LogP contribution < -0.4 is 5.32 Å².